The van der Waals surface area contributed by atoms with Gasteiger partial charge >= 0.3 is 0 Å². The van der Waals surface area contributed by atoms with Gasteiger partial charge in [-0.15, -0.1) is 0 Å². The van der Waals surface area contributed by atoms with Gasteiger partial charge in [-0.25, -0.2) is 14.5 Å². The van der Waals surface area contributed by atoms with Crippen LogP contribution in [-0.4, -0.2) is 37.4 Å². The van der Waals surface area contributed by atoms with Gasteiger partial charge in [0.25, 0.3) is 0 Å². The summed E-state index contributed by atoms with van der Waals surface area (Å²) in [6.45, 7) is 5.60. The van der Waals surface area contributed by atoms with Crippen molar-refractivity contribution in [1.82, 2.24) is 24.1 Å². The van der Waals surface area contributed by atoms with Crippen LogP contribution >= 0.6 is 0 Å². The third-order valence-electron chi connectivity index (χ3n) is 3.99. The quantitative estimate of drug-likeness (QED) is 0.723. The summed E-state index contributed by atoms with van der Waals surface area (Å²) in [5.74, 6) is 0.915. The molecule has 0 bridgehead atoms. The lowest BCUT2D eigenvalue weighted by Gasteiger charge is -2.12. The molecule has 21 heavy (non-hydrogen) atoms. The van der Waals surface area contributed by atoms with Crippen LogP contribution in [0.3, 0.4) is 0 Å². The number of nitrogens with zero attached hydrogens (tertiary/aromatic N) is 5. The Morgan fingerprint density at radius 1 is 1.33 bits per heavy atom. The largest absolute Gasteiger partial charge is 0.379 e. The van der Waals surface area contributed by atoms with Crippen molar-refractivity contribution in [1.29, 1.82) is 0 Å². The van der Waals surface area contributed by atoms with Gasteiger partial charge in [-0.2, -0.15) is 5.10 Å². The molecule has 1 unspecified atom stereocenters. The summed E-state index contributed by atoms with van der Waals surface area (Å²) in [5, 5.41) is 4.45. The monoisotopic (exact) mass is 283 g/mol. The molecule has 0 N–H and O–H groups in total. The maximum Gasteiger partial charge on any atom is 0.166 e. The van der Waals surface area contributed by atoms with Crippen LogP contribution in [0.5, 0.6) is 0 Å². The van der Waals surface area contributed by atoms with Crippen molar-refractivity contribution >= 4 is 5.65 Å². The van der Waals surface area contributed by atoms with E-state index in [0.29, 0.717) is 6.04 Å². The van der Waals surface area contributed by atoms with E-state index < -0.39 is 0 Å². The number of hydrogen-bond acceptors (Lipinski definition) is 4. The Balaban J connectivity index is 1.89. The lowest BCUT2D eigenvalue weighted by atomic mass is 10.2. The highest BCUT2D eigenvalue weighted by Gasteiger charge is 2.22. The van der Waals surface area contributed by atoms with Gasteiger partial charge in [0.2, 0.25) is 0 Å². The summed E-state index contributed by atoms with van der Waals surface area (Å²) < 4.78 is 9.55. The van der Waals surface area contributed by atoms with Gasteiger partial charge in [-0.3, -0.25) is 0 Å². The van der Waals surface area contributed by atoms with Crippen LogP contribution in [-0.2, 0) is 4.74 Å². The molecule has 108 valence electrons. The Bertz CT molecular complexity index is 798. The van der Waals surface area contributed by atoms with Crippen molar-refractivity contribution in [2.24, 2.45) is 0 Å². The first-order valence-electron chi connectivity index (χ1n) is 7.17. The van der Waals surface area contributed by atoms with Crippen molar-refractivity contribution in [3.8, 4) is 11.4 Å². The number of imidazole rings is 1. The Hall–Kier alpha value is -2.21. The second kappa shape index (κ2) is 4.66. The van der Waals surface area contributed by atoms with E-state index in [9.17, 15) is 0 Å². The van der Waals surface area contributed by atoms with Crippen molar-refractivity contribution < 1.29 is 4.74 Å². The minimum Gasteiger partial charge on any atom is -0.379 e. The summed E-state index contributed by atoms with van der Waals surface area (Å²) in [6.07, 6.45) is 6.72. The molecule has 0 aromatic carbocycles. The van der Waals surface area contributed by atoms with Gasteiger partial charge in [0.05, 0.1) is 24.4 Å². The van der Waals surface area contributed by atoms with E-state index in [1.165, 1.54) is 0 Å². The number of aromatic nitrogens is 5. The van der Waals surface area contributed by atoms with E-state index in [1.54, 1.807) is 0 Å². The third kappa shape index (κ3) is 1.94. The molecule has 1 atom stereocenters. The number of aryl methyl sites for hydroxylation is 2. The van der Waals surface area contributed by atoms with Crippen LogP contribution in [0.1, 0.15) is 23.9 Å². The van der Waals surface area contributed by atoms with E-state index in [0.717, 1.165) is 48.1 Å². The second-order valence-electron chi connectivity index (χ2n) is 5.51. The summed E-state index contributed by atoms with van der Waals surface area (Å²) in [4.78, 5) is 9.16. The molecule has 1 aliphatic heterocycles. The van der Waals surface area contributed by atoms with Crippen molar-refractivity contribution in [2.75, 3.05) is 13.2 Å². The Morgan fingerprint density at radius 3 is 3.05 bits per heavy atom. The third-order valence-corrected chi connectivity index (χ3v) is 3.99. The fraction of sp³-hybridized carbons (Fsp3) is 0.400. The van der Waals surface area contributed by atoms with E-state index in [-0.39, 0.29) is 0 Å². The maximum absolute atomic E-state index is 5.49. The lowest BCUT2D eigenvalue weighted by Crippen LogP contribution is -2.09. The fourth-order valence-corrected chi connectivity index (χ4v) is 2.99. The van der Waals surface area contributed by atoms with Crippen molar-refractivity contribution in [3.05, 3.63) is 36.0 Å². The zero-order valence-corrected chi connectivity index (χ0v) is 12.2. The predicted octanol–water partition coefficient (Wildman–Crippen LogP) is 2.17. The Kier molecular flexibility index (Phi) is 2.78. The number of ether oxygens (including phenoxy) is 1. The summed E-state index contributed by atoms with van der Waals surface area (Å²) in [7, 11) is 0. The predicted molar refractivity (Wildman–Crippen MR) is 78.2 cm³/mol. The standard InChI is InChI=1S/C15H17N5O/c1-10-7-11(2)20-15(18-10)13(8-17-20)14-16-4-5-19(14)12-3-6-21-9-12/h4-5,7-8,12H,3,6,9H2,1-2H3. The van der Waals surface area contributed by atoms with Crippen LogP contribution in [0.2, 0.25) is 0 Å². The van der Waals surface area contributed by atoms with Crippen LogP contribution in [0.4, 0.5) is 0 Å². The molecule has 3 aromatic heterocycles. The number of rotatable bonds is 2. The van der Waals surface area contributed by atoms with E-state index in [1.807, 2.05) is 43.0 Å². The average molecular weight is 283 g/mol. The highest BCUT2D eigenvalue weighted by atomic mass is 16.5. The maximum atomic E-state index is 5.49. The molecule has 0 spiro atoms. The minimum absolute atomic E-state index is 0.350. The molecular weight excluding hydrogens is 266 g/mol. The highest BCUT2D eigenvalue weighted by molar-refractivity contribution is 5.72. The molecular formula is C15H17N5O. The molecule has 0 radical (unpaired) electrons. The van der Waals surface area contributed by atoms with Crippen LogP contribution in [0.15, 0.2) is 24.7 Å². The molecule has 1 saturated heterocycles. The van der Waals surface area contributed by atoms with Gasteiger partial charge in [0.15, 0.2) is 5.65 Å². The summed E-state index contributed by atoms with van der Waals surface area (Å²) in [5.41, 5.74) is 3.90. The zero-order valence-electron chi connectivity index (χ0n) is 12.2. The Morgan fingerprint density at radius 2 is 2.24 bits per heavy atom. The van der Waals surface area contributed by atoms with Gasteiger partial charge in [0.1, 0.15) is 5.82 Å². The van der Waals surface area contributed by atoms with Crippen LogP contribution in [0, 0.1) is 13.8 Å². The molecule has 6 heteroatoms. The smallest absolute Gasteiger partial charge is 0.166 e. The molecule has 0 amide bonds. The first-order chi connectivity index (χ1) is 10.2. The first kappa shape index (κ1) is 12.5. The molecule has 3 aromatic rings. The average Bonchev–Trinajstić information content (AvgIpc) is 3.17. The molecule has 0 saturated carbocycles. The summed E-state index contributed by atoms with van der Waals surface area (Å²) >= 11 is 0. The molecule has 4 rings (SSSR count). The van der Waals surface area contributed by atoms with E-state index in [2.05, 4.69) is 19.6 Å². The zero-order chi connectivity index (χ0) is 14.4. The van der Waals surface area contributed by atoms with Crippen LogP contribution in [0.25, 0.3) is 17.0 Å². The van der Waals surface area contributed by atoms with Crippen LogP contribution < -0.4 is 0 Å². The van der Waals surface area contributed by atoms with Gasteiger partial charge in [-0.1, -0.05) is 0 Å². The van der Waals surface area contributed by atoms with Gasteiger partial charge in [-0.05, 0) is 26.3 Å². The number of fused-ring (bicyclic) bond motifs is 1. The minimum atomic E-state index is 0.350. The topological polar surface area (TPSA) is 57.2 Å². The van der Waals surface area contributed by atoms with Crippen molar-refractivity contribution in [3.63, 3.8) is 0 Å². The Labute approximate surface area is 122 Å². The van der Waals surface area contributed by atoms with E-state index in [4.69, 9.17) is 4.74 Å². The second-order valence-corrected chi connectivity index (χ2v) is 5.51. The molecule has 1 fully saturated rings. The molecule has 6 nitrogen and oxygen atoms in total. The fourth-order valence-electron chi connectivity index (χ4n) is 2.99. The van der Waals surface area contributed by atoms with E-state index >= 15 is 0 Å². The molecule has 0 aliphatic carbocycles. The van der Waals surface area contributed by atoms with Crippen molar-refractivity contribution in [2.45, 2.75) is 26.3 Å². The lowest BCUT2D eigenvalue weighted by molar-refractivity contribution is 0.187. The highest BCUT2D eigenvalue weighted by Crippen LogP contribution is 2.28. The normalized spacial score (nSPS) is 18.7. The molecule has 4 heterocycles. The number of hydrogen-bond donors (Lipinski definition) is 0. The summed E-state index contributed by atoms with van der Waals surface area (Å²) in [6, 6.07) is 2.38. The van der Waals surface area contributed by atoms with Gasteiger partial charge < -0.3 is 9.30 Å². The SMILES string of the molecule is Cc1cc(C)n2ncc(-c3nccn3C3CCOC3)c2n1. The first-order valence-corrected chi connectivity index (χ1v) is 7.17. The van der Waals surface area contributed by atoms with Gasteiger partial charge in [0, 0.05) is 30.4 Å². The molecule has 1 aliphatic rings.